The van der Waals surface area contributed by atoms with Crippen molar-refractivity contribution in [1.82, 2.24) is 0 Å². The molecule has 2 rings (SSSR count). The minimum Gasteiger partial charge on any atom is -0.462 e. The molecule has 20 heavy (non-hydrogen) atoms. The van der Waals surface area contributed by atoms with Gasteiger partial charge in [-0.2, -0.15) is 0 Å². The fourth-order valence-electron chi connectivity index (χ4n) is 3.06. The Kier molecular flexibility index (Phi) is 5.78. The van der Waals surface area contributed by atoms with Crippen LogP contribution in [0.15, 0.2) is 12.2 Å². The molecule has 1 heterocycles. The van der Waals surface area contributed by atoms with Gasteiger partial charge in [0.1, 0.15) is 6.10 Å². The van der Waals surface area contributed by atoms with Gasteiger partial charge in [-0.3, -0.25) is 9.59 Å². The summed E-state index contributed by atoms with van der Waals surface area (Å²) in [7, 11) is 5.16. The van der Waals surface area contributed by atoms with Crippen LogP contribution in [0.2, 0.25) is 0 Å². The smallest absolute Gasteiger partial charge is 0.336 e. The summed E-state index contributed by atoms with van der Waals surface area (Å²) < 4.78 is 11.2. The molecule has 1 saturated heterocycles. The molecular weight excluding hydrogens is 293 g/mol. The van der Waals surface area contributed by atoms with E-state index in [4.69, 9.17) is 9.39 Å². The lowest BCUT2D eigenvalue weighted by molar-refractivity contribution is -0.141. The van der Waals surface area contributed by atoms with E-state index in [1.54, 1.807) is 6.08 Å². The molecule has 2 fully saturated rings. The van der Waals surface area contributed by atoms with Gasteiger partial charge in [-0.05, 0) is 12.5 Å². The first-order chi connectivity index (χ1) is 9.51. The second-order valence-electron chi connectivity index (χ2n) is 5.42. The summed E-state index contributed by atoms with van der Waals surface area (Å²) in [4.78, 5) is 23.1. The minimum atomic E-state index is -0.134. The highest BCUT2D eigenvalue weighted by Gasteiger charge is 2.49. The van der Waals surface area contributed by atoms with Gasteiger partial charge in [-0.25, -0.2) is 0 Å². The number of carbonyl (C=O) groups is 2. The molecule has 7 heteroatoms. The molecule has 2 aliphatic rings. The first kappa shape index (κ1) is 16.1. The van der Waals surface area contributed by atoms with Crippen LogP contribution in [-0.2, 0) is 19.0 Å². The summed E-state index contributed by atoms with van der Waals surface area (Å²) in [6.45, 7) is 1.99. The number of allylic oxidation sites excluding steroid dienone is 1. The molecule has 1 saturated carbocycles. The second-order valence-corrected chi connectivity index (χ2v) is 7.51. The van der Waals surface area contributed by atoms with Gasteiger partial charge in [-0.1, -0.05) is 13.0 Å². The molecular formula is C13H21BO4P2. The zero-order valence-electron chi connectivity index (χ0n) is 11.7. The van der Waals surface area contributed by atoms with E-state index in [0.29, 0.717) is 19.3 Å². The Balaban J connectivity index is 2.06. The van der Waals surface area contributed by atoms with Gasteiger partial charge in [0.25, 0.3) is 0 Å². The number of rotatable bonds is 6. The van der Waals surface area contributed by atoms with Gasteiger partial charge in [-0.15, -0.1) is 18.2 Å². The van der Waals surface area contributed by atoms with Crippen LogP contribution in [0.1, 0.15) is 32.6 Å². The molecule has 0 aromatic carbocycles. The first-order valence-corrected chi connectivity index (χ1v) is 8.41. The Bertz CT molecular complexity index is 413. The molecule has 0 spiro atoms. The van der Waals surface area contributed by atoms with Crippen molar-refractivity contribution in [2.75, 3.05) is 0 Å². The van der Waals surface area contributed by atoms with Crippen molar-refractivity contribution in [3.8, 4) is 0 Å². The summed E-state index contributed by atoms with van der Waals surface area (Å²) in [5.74, 6) is 0.223. The van der Waals surface area contributed by atoms with E-state index in [2.05, 4.69) is 18.2 Å². The summed E-state index contributed by atoms with van der Waals surface area (Å²) in [5.41, 5.74) is 0. The van der Waals surface area contributed by atoms with Crippen molar-refractivity contribution in [2.24, 2.45) is 11.8 Å². The molecule has 0 radical (unpaired) electrons. The van der Waals surface area contributed by atoms with Crippen molar-refractivity contribution in [3.05, 3.63) is 12.2 Å². The molecule has 1 aliphatic heterocycles. The number of hydrogen-bond acceptors (Lipinski definition) is 4. The Morgan fingerprint density at radius 2 is 2.30 bits per heavy atom. The van der Waals surface area contributed by atoms with Crippen LogP contribution in [0.5, 0.6) is 0 Å². The lowest BCUT2D eigenvalue weighted by atomic mass is 9.91. The lowest BCUT2D eigenvalue weighted by Crippen LogP contribution is -2.24. The summed E-state index contributed by atoms with van der Waals surface area (Å²) in [6.07, 6.45) is 6.04. The first-order valence-electron chi connectivity index (χ1n) is 7.08. The molecule has 1 aliphatic carbocycles. The Labute approximate surface area is 124 Å². The molecule has 0 aromatic rings. The number of ketones is 1. The van der Waals surface area contributed by atoms with Crippen molar-refractivity contribution in [3.63, 3.8) is 0 Å². The lowest BCUT2D eigenvalue weighted by Gasteiger charge is -2.21. The Morgan fingerprint density at radius 1 is 1.55 bits per heavy atom. The molecule has 0 amide bonds. The summed E-state index contributed by atoms with van der Waals surface area (Å²) >= 11 is 0. The zero-order chi connectivity index (χ0) is 14.7. The molecule has 0 bridgehead atoms. The largest absolute Gasteiger partial charge is 0.462 e. The van der Waals surface area contributed by atoms with Gasteiger partial charge in [0, 0.05) is 24.7 Å². The number of carbonyl (C=O) groups excluding carboxylic acids is 2. The monoisotopic (exact) mass is 314 g/mol. The second kappa shape index (κ2) is 7.16. The standard InChI is InChI=1S/C13H21BO4P2/c1-2-3-8(15)4-5-9-10-6-13(16)17-11(10)7-12(9)18-14(19)20/h4-5,9-12H,2-3,6-7,19-20H2,1H3/b5-4+/t9-,10-,11+,12-/m1/s1. The highest BCUT2D eigenvalue weighted by molar-refractivity contribution is 7.92. The van der Waals surface area contributed by atoms with Crippen LogP contribution in [0.25, 0.3) is 0 Å². The number of fused-ring (bicyclic) bond motifs is 1. The zero-order valence-corrected chi connectivity index (χ0v) is 14.0. The molecule has 6 atom stereocenters. The predicted molar refractivity (Wildman–Crippen MR) is 85.2 cm³/mol. The van der Waals surface area contributed by atoms with Gasteiger partial charge in [0.2, 0.25) is 0 Å². The number of ether oxygens (including phenoxy) is 1. The van der Waals surface area contributed by atoms with E-state index in [1.807, 2.05) is 13.0 Å². The molecule has 0 N–H and O–H groups in total. The van der Waals surface area contributed by atoms with Crippen LogP contribution in [0.3, 0.4) is 0 Å². The van der Waals surface area contributed by atoms with Gasteiger partial charge < -0.3 is 9.39 Å². The molecule has 4 nitrogen and oxygen atoms in total. The third-order valence-corrected chi connectivity index (χ3v) is 4.20. The van der Waals surface area contributed by atoms with Crippen molar-refractivity contribution in [2.45, 2.75) is 44.8 Å². The molecule has 110 valence electrons. The van der Waals surface area contributed by atoms with E-state index < -0.39 is 0 Å². The molecule has 2 unspecified atom stereocenters. The van der Waals surface area contributed by atoms with Gasteiger partial charge >= 0.3 is 12.3 Å². The van der Waals surface area contributed by atoms with Crippen molar-refractivity contribution in [1.29, 1.82) is 0 Å². The third-order valence-electron chi connectivity index (χ3n) is 3.88. The number of hydrogen-bond donors (Lipinski definition) is 0. The maximum atomic E-state index is 11.7. The van der Waals surface area contributed by atoms with Gasteiger partial charge in [0.15, 0.2) is 5.78 Å². The summed E-state index contributed by atoms with van der Waals surface area (Å²) in [6, 6.07) is 0. The van der Waals surface area contributed by atoms with Crippen LogP contribution < -0.4 is 0 Å². The van der Waals surface area contributed by atoms with Crippen LogP contribution in [0, 0.1) is 11.8 Å². The van der Waals surface area contributed by atoms with Crippen molar-refractivity contribution >= 4 is 36.3 Å². The SMILES string of the molecule is CCCC(=O)/C=C/[C@@H]1[C@H]2CC(=O)O[C@H]2C[C@H]1OB(P)P. The van der Waals surface area contributed by atoms with Crippen LogP contribution >= 0.6 is 18.2 Å². The quantitative estimate of drug-likeness (QED) is 0.326. The average molecular weight is 314 g/mol. The Hall–Kier alpha value is -0.235. The van der Waals surface area contributed by atoms with E-state index in [9.17, 15) is 9.59 Å². The third kappa shape index (κ3) is 3.90. The van der Waals surface area contributed by atoms with Crippen LogP contribution in [0.4, 0.5) is 0 Å². The minimum absolute atomic E-state index is 0.00350. The fraction of sp³-hybridized carbons (Fsp3) is 0.692. The van der Waals surface area contributed by atoms with Gasteiger partial charge in [0.05, 0.1) is 12.5 Å². The maximum Gasteiger partial charge on any atom is 0.336 e. The normalized spacial score (nSPS) is 32.5. The summed E-state index contributed by atoms with van der Waals surface area (Å²) in [5, 5.41) is 0. The van der Waals surface area contributed by atoms with Crippen LogP contribution in [-0.4, -0.2) is 30.3 Å². The van der Waals surface area contributed by atoms with E-state index >= 15 is 0 Å². The molecule has 0 aromatic heterocycles. The van der Waals surface area contributed by atoms with E-state index in [0.717, 1.165) is 6.42 Å². The highest BCUT2D eigenvalue weighted by Crippen LogP contribution is 2.44. The highest BCUT2D eigenvalue weighted by atomic mass is 31.1. The Morgan fingerprint density at radius 3 is 2.95 bits per heavy atom. The number of esters is 1. The topological polar surface area (TPSA) is 52.6 Å². The average Bonchev–Trinajstić information content (AvgIpc) is 2.82. The van der Waals surface area contributed by atoms with Crippen molar-refractivity contribution < 1.29 is 19.0 Å². The van der Waals surface area contributed by atoms with E-state index in [-0.39, 0.29) is 42.2 Å². The van der Waals surface area contributed by atoms with E-state index in [1.165, 1.54) is 0 Å². The predicted octanol–water partition coefficient (Wildman–Crippen LogP) is 1.98. The fourth-order valence-corrected chi connectivity index (χ4v) is 3.46. The maximum absolute atomic E-state index is 11.7.